The van der Waals surface area contributed by atoms with Crippen molar-refractivity contribution in [1.82, 2.24) is 4.98 Å². The molecule has 0 aliphatic heterocycles. The van der Waals surface area contributed by atoms with E-state index < -0.39 is 0 Å². The van der Waals surface area contributed by atoms with Crippen LogP contribution in [0.25, 0.3) is 0 Å². The molecule has 4 nitrogen and oxygen atoms in total. The fourth-order valence-corrected chi connectivity index (χ4v) is 3.32. The number of anilines is 1. The quantitative estimate of drug-likeness (QED) is 0.809. The van der Waals surface area contributed by atoms with E-state index in [-0.39, 0.29) is 11.9 Å². The van der Waals surface area contributed by atoms with Crippen molar-refractivity contribution in [3.8, 4) is 0 Å². The molecule has 0 aliphatic carbocycles. The van der Waals surface area contributed by atoms with E-state index >= 15 is 0 Å². The number of thiazole rings is 1. The minimum Gasteiger partial charge on any atom is -0.322 e. The van der Waals surface area contributed by atoms with E-state index in [1.165, 1.54) is 16.9 Å². The topological polar surface area (TPSA) is 68.0 Å². The number of hydrogen-bond acceptors (Lipinski definition) is 5. The molecule has 1 heterocycles. The maximum absolute atomic E-state index is 12.3. The number of carbonyl (C=O) groups is 1. The van der Waals surface area contributed by atoms with E-state index in [9.17, 15) is 4.79 Å². The predicted octanol–water partition coefficient (Wildman–Crippen LogP) is 3.71. The third kappa shape index (κ3) is 4.56. The molecule has 0 saturated carbocycles. The summed E-state index contributed by atoms with van der Waals surface area (Å²) in [6, 6.07) is 7.76. The van der Waals surface area contributed by atoms with Gasteiger partial charge in [0.05, 0.1) is 6.04 Å². The first-order valence-corrected chi connectivity index (χ1v) is 9.51. The lowest BCUT2D eigenvalue weighted by molar-refractivity contribution is 0.102. The fraction of sp³-hybridized carbons (Fsp3) is 0.375. The van der Waals surface area contributed by atoms with E-state index in [2.05, 4.69) is 23.5 Å². The van der Waals surface area contributed by atoms with Crippen molar-refractivity contribution in [3.63, 3.8) is 0 Å². The molecule has 1 unspecified atom stereocenters. The van der Waals surface area contributed by atoms with Crippen molar-refractivity contribution in [2.45, 2.75) is 25.8 Å². The summed E-state index contributed by atoms with van der Waals surface area (Å²) in [6.07, 6.45) is 3.86. The molecular weight excluding hydrogens is 314 g/mol. The molecule has 1 aromatic carbocycles. The van der Waals surface area contributed by atoms with Crippen molar-refractivity contribution < 1.29 is 4.79 Å². The molecule has 0 fully saturated rings. The molecule has 0 radical (unpaired) electrons. The van der Waals surface area contributed by atoms with Gasteiger partial charge in [-0.3, -0.25) is 4.79 Å². The molecule has 1 aromatic heterocycles. The minimum absolute atomic E-state index is 0.0950. The number of nitrogens with zero attached hydrogens (tertiary/aromatic N) is 1. The number of carbonyl (C=O) groups excluding carboxylic acids is 1. The summed E-state index contributed by atoms with van der Waals surface area (Å²) in [5.41, 5.74) is 8.51. The van der Waals surface area contributed by atoms with E-state index in [4.69, 9.17) is 5.73 Å². The Morgan fingerprint density at radius 2 is 2.32 bits per heavy atom. The molecule has 118 valence electrons. The van der Waals surface area contributed by atoms with E-state index in [0.29, 0.717) is 5.69 Å². The largest absolute Gasteiger partial charge is 0.322 e. The molecule has 0 bridgehead atoms. The highest BCUT2D eigenvalue weighted by Gasteiger charge is 2.15. The van der Waals surface area contributed by atoms with Gasteiger partial charge in [0.25, 0.3) is 5.91 Å². The van der Waals surface area contributed by atoms with Crippen LogP contribution in [-0.4, -0.2) is 22.9 Å². The SMILES string of the molecule is CCc1cccc(NC(=O)c2csc(C(N)CCSC)n2)c1. The first kappa shape index (κ1) is 17.0. The Bertz CT molecular complexity index is 627. The van der Waals surface area contributed by atoms with Crippen LogP contribution in [0.1, 0.15) is 40.4 Å². The first-order chi connectivity index (χ1) is 10.6. The first-order valence-electron chi connectivity index (χ1n) is 7.24. The second-order valence-electron chi connectivity index (χ2n) is 4.97. The standard InChI is InChI=1S/C16H21N3OS2/c1-3-11-5-4-6-12(9-11)18-15(20)14-10-22-16(19-14)13(17)7-8-21-2/h4-6,9-10,13H,3,7-8,17H2,1-2H3,(H,18,20). The Labute approximate surface area is 139 Å². The zero-order valence-corrected chi connectivity index (χ0v) is 14.5. The number of nitrogens with two attached hydrogens (primary N) is 1. The van der Waals surface area contributed by atoms with Gasteiger partial charge in [-0.2, -0.15) is 11.8 Å². The third-order valence-electron chi connectivity index (χ3n) is 3.30. The van der Waals surface area contributed by atoms with Crippen LogP contribution in [0.2, 0.25) is 0 Å². The van der Waals surface area contributed by atoms with Crippen LogP contribution in [-0.2, 0) is 6.42 Å². The average molecular weight is 335 g/mol. The molecule has 0 spiro atoms. The highest BCUT2D eigenvalue weighted by atomic mass is 32.2. The van der Waals surface area contributed by atoms with Crippen LogP contribution in [0.15, 0.2) is 29.6 Å². The number of hydrogen-bond donors (Lipinski definition) is 2. The monoisotopic (exact) mass is 335 g/mol. The number of benzene rings is 1. The molecule has 6 heteroatoms. The van der Waals surface area contributed by atoms with Gasteiger partial charge in [-0.15, -0.1) is 11.3 Å². The van der Waals surface area contributed by atoms with Gasteiger partial charge in [-0.05, 0) is 42.5 Å². The Morgan fingerprint density at radius 1 is 1.50 bits per heavy atom. The molecule has 22 heavy (non-hydrogen) atoms. The van der Waals surface area contributed by atoms with Gasteiger partial charge in [0.2, 0.25) is 0 Å². The second-order valence-corrected chi connectivity index (χ2v) is 6.84. The van der Waals surface area contributed by atoms with Gasteiger partial charge in [0.1, 0.15) is 10.7 Å². The van der Waals surface area contributed by atoms with Gasteiger partial charge in [-0.1, -0.05) is 19.1 Å². The number of aryl methyl sites for hydroxylation is 1. The molecule has 1 amide bonds. The lowest BCUT2D eigenvalue weighted by Crippen LogP contribution is -2.14. The van der Waals surface area contributed by atoms with Crippen LogP contribution in [0.4, 0.5) is 5.69 Å². The van der Waals surface area contributed by atoms with Crippen molar-refractivity contribution in [1.29, 1.82) is 0 Å². The highest BCUT2D eigenvalue weighted by Crippen LogP contribution is 2.21. The van der Waals surface area contributed by atoms with Crippen molar-refractivity contribution >= 4 is 34.7 Å². The summed E-state index contributed by atoms with van der Waals surface area (Å²) in [6.45, 7) is 2.09. The smallest absolute Gasteiger partial charge is 0.275 e. The lowest BCUT2D eigenvalue weighted by Gasteiger charge is -2.07. The summed E-state index contributed by atoms with van der Waals surface area (Å²) >= 11 is 3.21. The Kier molecular flexibility index (Phi) is 6.42. The Hall–Kier alpha value is -1.37. The molecule has 2 rings (SSSR count). The fourth-order valence-electron chi connectivity index (χ4n) is 1.99. The molecule has 3 N–H and O–H groups in total. The summed E-state index contributed by atoms with van der Waals surface area (Å²) < 4.78 is 0. The van der Waals surface area contributed by atoms with Crippen molar-refractivity contribution in [2.24, 2.45) is 5.73 Å². The molecule has 2 aromatic rings. The summed E-state index contributed by atoms with van der Waals surface area (Å²) in [5, 5.41) is 5.48. The Morgan fingerprint density at radius 3 is 3.05 bits per heavy atom. The number of aromatic nitrogens is 1. The zero-order chi connectivity index (χ0) is 15.9. The minimum atomic E-state index is -0.187. The van der Waals surface area contributed by atoms with Crippen LogP contribution in [0.3, 0.4) is 0 Å². The second kappa shape index (κ2) is 8.31. The van der Waals surface area contributed by atoms with E-state index in [1.807, 2.05) is 24.3 Å². The maximum atomic E-state index is 12.3. The molecule has 0 aliphatic rings. The van der Waals surface area contributed by atoms with E-state index in [1.54, 1.807) is 17.1 Å². The number of thioether (sulfide) groups is 1. The van der Waals surface area contributed by atoms with Crippen LogP contribution >= 0.6 is 23.1 Å². The normalized spacial score (nSPS) is 12.1. The van der Waals surface area contributed by atoms with Gasteiger partial charge in [0.15, 0.2) is 0 Å². The third-order valence-corrected chi connectivity index (χ3v) is 4.92. The van der Waals surface area contributed by atoms with Crippen LogP contribution in [0.5, 0.6) is 0 Å². The molecular formula is C16H21N3OS2. The van der Waals surface area contributed by atoms with E-state index in [0.717, 1.165) is 29.3 Å². The average Bonchev–Trinajstić information content (AvgIpc) is 3.03. The van der Waals surface area contributed by atoms with Crippen molar-refractivity contribution in [3.05, 3.63) is 45.9 Å². The molecule has 1 atom stereocenters. The van der Waals surface area contributed by atoms with Crippen LogP contribution < -0.4 is 11.1 Å². The van der Waals surface area contributed by atoms with Gasteiger partial charge < -0.3 is 11.1 Å². The number of amides is 1. The summed E-state index contributed by atoms with van der Waals surface area (Å²) in [4.78, 5) is 16.6. The van der Waals surface area contributed by atoms with Crippen LogP contribution in [0, 0.1) is 0 Å². The summed E-state index contributed by atoms with van der Waals surface area (Å²) in [7, 11) is 0. The summed E-state index contributed by atoms with van der Waals surface area (Å²) in [5.74, 6) is 0.805. The van der Waals surface area contributed by atoms with Gasteiger partial charge >= 0.3 is 0 Å². The van der Waals surface area contributed by atoms with Gasteiger partial charge in [0, 0.05) is 11.1 Å². The molecule has 0 saturated heterocycles. The maximum Gasteiger partial charge on any atom is 0.275 e. The Balaban J connectivity index is 2.02. The number of nitrogens with one attached hydrogen (secondary N) is 1. The highest BCUT2D eigenvalue weighted by molar-refractivity contribution is 7.98. The predicted molar refractivity (Wildman–Crippen MR) is 95.8 cm³/mol. The number of rotatable bonds is 7. The van der Waals surface area contributed by atoms with Gasteiger partial charge in [-0.25, -0.2) is 4.98 Å². The van der Waals surface area contributed by atoms with Crippen molar-refractivity contribution in [2.75, 3.05) is 17.3 Å². The zero-order valence-electron chi connectivity index (χ0n) is 12.8. The lowest BCUT2D eigenvalue weighted by atomic mass is 10.1.